The van der Waals surface area contributed by atoms with Gasteiger partial charge < -0.3 is 15.6 Å². The molecule has 0 aliphatic carbocycles. The molecule has 0 unspecified atom stereocenters. The minimum atomic E-state index is -1.30. The molecule has 3 N–H and O–H groups in total. The molecule has 0 saturated carbocycles. The molecule has 0 aromatic heterocycles. The van der Waals surface area contributed by atoms with E-state index in [1.807, 2.05) is 13.0 Å². The number of carboxylic acids is 1. The van der Waals surface area contributed by atoms with E-state index in [0.717, 1.165) is 17.0 Å². The molecule has 0 saturated heterocycles. The number of rotatable bonds is 5. The van der Waals surface area contributed by atoms with Crippen molar-refractivity contribution in [3.8, 4) is 0 Å². The van der Waals surface area contributed by atoms with Gasteiger partial charge in [-0.25, -0.2) is 10.2 Å². The van der Waals surface area contributed by atoms with E-state index in [1.54, 1.807) is 18.2 Å². The Morgan fingerprint density at radius 3 is 2.71 bits per heavy atom. The molecule has 6 heteroatoms. The number of urea groups is 1. The number of anilines is 1. The highest BCUT2D eigenvalue weighted by Gasteiger charge is 2.08. The molecule has 0 spiro atoms. The smallest absolute Gasteiger partial charge is 0.330 e. The lowest BCUT2D eigenvalue weighted by Crippen LogP contribution is -2.50. The van der Waals surface area contributed by atoms with E-state index in [2.05, 4.69) is 5.43 Å². The van der Waals surface area contributed by atoms with Crippen LogP contribution in [0.3, 0.4) is 0 Å². The number of primary amides is 1. The maximum atomic E-state index is 10.8. The van der Waals surface area contributed by atoms with E-state index in [-0.39, 0.29) is 0 Å². The number of hydrogen-bond acceptors (Lipinski definition) is 4. The van der Waals surface area contributed by atoms with Crippen molar-refractivity contribution in [1.29, 1.82) is 0 Å². The lowest BCUT2D eigenvalue weighted by Gasteiger charge is -2.25. The summed E-state index contributed by atoms with van der Waals surface area (Å²) in [6.07, 6.45) is 0.809. The molecular weight excluding hydrogens is 222 g/mol. The largest absolute Gasteiger partial charge is 0.548 e. The van der Waals surface area contributed by atoms with Crippen LogP contribution in [0.4, 0.5) is 10.5 Å². The van der Waals surface area contributed by atoms with Gasteiger partial charge >= 0.3 is 6.03 Å². The fourth-order valence-electron chi connectivity index (χ4n) is 1.40. The van der Waals surface area contributed by atoms with Crippen molar-refractivity contribution in [3.63, 3.8) is 0 Å². The lowest BCUT2D eigenvalue weighted by atomic mass is 10.1. The van der Waals surface area contributed by atoms with Crippen LogP contribution in [0, 0.1) is 0 Å². The molecule has 92 valence electrons. The van der Waals surface area contributed by atoms with Crippen molar-refractivity contribution in [1.82, 2.24) is 5.43 Å². The Balaban J connectivity index is 2.94. The van der Waals surface area contributed by atoms with Crippen LogP contribution in [-0.4, -0.2) is 18.5 Å². The third kappa shape index (κ3) is 4.02. The summed E-state index contributed by atoms with van der Waals surface area (Å²) in [4.78, 5) is 21.3. The van der Waals surface area contributed by atoms with Crippen LogP contribution in [0.25, 0.3) is 0 Å². The van der Waals surface area contributed by atoms with Crippen LogP contribution in [0.5, 0.6) is 0 Å². The minimum Gasteiger partial charge on any atom is -0.548 e. The Labute approximate surface area is 99.0 Å². The molecule has 0 heterocycles. The van der Waals surface area contributed by atoms with Crippen molar-refractivity contribution in [2.24, 2.45) is 5.73 Å². The average Bonchev–Trinajstić information content (AvgIpc) is 2.27. The average molecular weight is 236 g/mol. The standard InChI is InChI=1S/C11H15N3O3/c1-2-8-4-3-5-9(6-8)14(7-10(15)16)13-11(12)17/h3-6H,2,7H2,1H3,(H,15,16)(H3,12,13,17)/p-1. The second kappa shape index (κ2) is 5.74. The Bertz CT molecular complexity index is 404. The number of benzene rings is 1. The van der Waals surface area contributed by atoms with Gasteiger partial charge in [-0.05, 0) is 24.1 Å². The van der Waals surface area contributed by atoms with Crippen LogP contribution < -0.4 is 21.3 Å². The van der Waals surface area contributed by atoms with Gasteiger partial charge in [0.05, 0.1) is 18.2 Å². The number of carbonyl (C=O) groups excluding carboxylic acids is 2. The molecule has 0 aliphatic rings. The lowest BCUT2D eigenvalue weighted by molar-refractivity contribution is -0.303. The fraction of sp³-hybridized carbons (Fsp3) is 0.273. The molecule has 2 amide bonds. The SMILES string of the molecule is CCc1cccc(N(CC(=O)[O-])NC(N)=O)c1. The van der Waals surface area contributed by atoms with Gasteiger partial charge in [0.15, 0.2) is 0 Å². The van der Waals surface area contributed by atoms with Crippen LogP contribution >= 0.6 is 0 Å². The Hall–Kier alpha value is -2.24. The fourth-order valence-corrected chi connectivity index (χ4v) is 1.40. The maximum absolute atomic E-state index is 10.8. The highest BCUT2D eigenvalue weighted by Crippen LogP contribution is 2.14. The molecule has 0 radical (unpaired) electrons. The van der Waals surface area contributed by atoms with Gasteiger partial charge in [0.2, 0.25) is 0 Å². The number of nitrogens with zero attached hydrogens (tertiary/aromatic N) is 1. The predicted molar refractivity (Wildman–Crippen MR) is 60.9 cm³/mol. The molecule has 6 nitrogen and oxygen atoms in total. The number of aliphatic carboxylic acids is 1. The first kappa shape index (κ1) is 12.8. The summed E-state index contributed by atoms with van der Waals surface area (Å²) >= 11 is 0. The zero-order chi connectivity index (χ0) is 12.8. The molecule has 0 aliphatic heterocycles. The van der Waals surface area contributed by atoms with E-state index in [0.29, 0.717) is 5.69 Å². The molecular formula is C11H14N3O3-. The summed E-state index contributed by atoms with van der Waals surface area (Å²) in [6, 6.07) is 6.31. The first-order valence-electron chi connectivity index (χ1n) is 5.15. The molecule has 17 heavy (non-hydrogen) atoms. The second-order valence-corrected chi connectivity index (χ2v) is 3.46. The number of nitrogens with two attached hydrogens (primary N) is 1. The Kier molecular flexibility index (Phi) is 4.33. The maximum Gasteiger partial charge on any atom is 0.330 e. The van der Waals surface area contributed by atoms with E-state index in [9.17, 15) is 14.7 Å². The number of nitrogens with one attached hydrogen (secondary N) is 1. The minimum absolute atomic E-state index is 0.462. The Morgan fingerprint density at radius 1 is 1.47 bits per heavy atom. The highest BCUT2D eigenvalue weighted by atomic mass is 16.4. The van der Waals surface area contributed by atoms with E-state index in [4.69, 9.17) is 5.73 Å². The van der Waals surface area contributed by atoms with E-state index < -0.39 is 18.5 Å². The van der Waals surface area contributed by atoms with Gasteiger partial charge in [-0.15, -0.1) is 0 Å². The summed E-state index contributed by atoms with van der Waals surface area (Å²) in [6.45, 7) is 1.51. The van der Waals surface area contributed by atoms with Crippen molar-refractivity contribution >= 4 is 17.7 Å². The van der Waals surface area contributed by atoms with Crippen LogP contribution in [-0.2, 0) is 11.2 Å². The quantitative estimate of drug-likeness (QED) is 0.666. The number of aryl methyl sites for hydroxylation is 1. The van der Waals surface area contributed by atoms with Crippen LogP contribution in [0.2, 0.25) is 0 Å². The monoisotopic (exact) mass is 236 g/mol. The first-order valence-corrected chi connectivity index (χ1v) is 5.15. The summed E-state index contributed by atoms with van der Waals surface area (Å²) in [5.41, 5.74) is 8.78. The van der Waals surface area contributed by atoms with Gasteiger partial charge in [-0.2, -0.15) is 0 Å². The molecule has 0 bridgehead atoms. The summed E-state index contributed by atoms with van der Waals surface area (Å²) in [7, 11) is 0. The van der Waals surface area contributed by atoms with Crippen molar-refractivity contribution < 1.29 is 14.7 Å². The molecule has 0 atom stereocenters. The van der Waals surface area contributed by atoms with Gasteiger partial charge in [-0.1, -0.05) is 19.1 Å². The summed E-state index contributed by atoms with van der Waals surface area (Å²) in [5.74, 6) is -1.30. The third-order valence-corrected chi connectivity index (χ3v) is 2.16. The van der Waals surface area contributed by atoms with Gasteiger partial charge in [0.25, 0.3) is 0 Å². The summed E-state index contributed by atoms with van der Waals surface area (Å²) in [5, 5.41) is 11.7. The van der Waals surface area contributed by atoms with Crippen molar-refractivity contribution in [2.45, 2.75) is 13.3 Å². The zero-order valence-corrected chi connectivity index (χ0v) is 9.47. The van der Waals surface area contributed by atoms with Crippen LogP contribution in [0.15, 0.2) is 24.3 Å². The molecule has 1 aromatic rings. The number of hydrazine groups is 1. The molecule has 1 rings (SSSR count). The Morgan fingerprint density at radius 2 is 2.18 bits per heavy atom. The number of hydrogen-bond donors (Lipinski definition) is 2. The first-order chi connectivity index (χ1) is 8.02. The van der Waals surface area contributed by atoms with Gasteiger partial charge in [0.1, 0.15) is 0 Å². The number of carbonyl (C=O) groups is 2. The normalized spacial score (nSPS) is 9.71. The zero-order valence-electron chi connectivity index (χ0n) is 9.47. The van der Waals surface area contributed by atoms with Gasteiger partial charge in [-0.3, -0.25) is 5.01 Å². The van der Waals surface area contributed by atoms with E-state index >= 15 is 0 Å². The van der Waals surface area contributed by atoms with Crippen molar-refractivity contribution in [2.75, 3.05) is 11.6 Å². The molecule has 1 aromatic carbocycles. The van der Waals surface area contributed by atoms with Gasteiger partial charge in [0, 0.05) is 0 Å². The molecule has 0 fully saturated rings. The highest BCUT2D eigenvalue weighted by molar-refractivity contribution is 5.78. The number of carboxylic acid groups (broad SMARTS) is 1. The van der Waals surface area contributed by atoms with Crippen molar-refractivity contribution in [3.05, 3.63) is 29.8 Å². The summed E-state index contributed by atoms with van der Waals surface area (Å²) < 4.78 is 0. The van der Waals surface area contributed by atoms with Crippen LogP contribution in [0.1, 0.15) is 12.5 Å². The third-order valence-electron chi connectivity index (χ3n) is 2.16. The predicted octanol–water partition coefficient (Wildman–Crippen LogP) is -0.611. The second-order valence-electron chi connectivity index (χ2n) is 3.46. The van der Waals surface area contributed by atoms with E-state index in [1.165, 1.54) is 0 Å². The topological polar surface area (TPSA) is 98.5 Å². The number of amides is 2.